The molecule has 1 amide bonds. The first-order valence-corrected chi connectivity index (χ1v) is 8.78. The Morgan fingerprint density at radius 1 is 1.48 bits per heavy atom. The van der Waals surface area contributed by atoms with Crippen LogP contribution in [0.25, 0.3) is 0 Å². The number of nitrogens with zero attached hydrogens (tertiary/aromatic N) is 1. The van der Waals surface area contributed by atoms with Gasteiger partial charge in [-0.15, -0.1) is 12.4 Å². The minimum atomic E-state index is -3.61. The number of hydrogen-bond donors (Lipinski definition) is 2. The summed E-state index contributed by atoms with van der Waals surface area (Å²) in [6, 6.07) is 1.29. The topological polar surface area (TPSA) is 91.6 Å². The summed E-state index contributed by atoms with van der Waals surface area (Å²) in [7, 11) is -0.722. The summed E-state index contributed by atoms with van der Waals surface area (Å²) in [5.74, 6) is 0.271. The molecule has 2 heterocycles. The standard InChI is InChI=1S/C14H23N3O4S.ClH/c1-10-13(22(19,20)17(2)3)7-12(21-10)14(18)16-9-11-5-4-6-15-8-11;/h7,11,15H,4-6,8-9H2,1-3H3,(H,16,18);1H. The Hall–Kier alpha value is -1.09. The zero-order valence-corrected chi connectivity index (χ0v) is 15.2. The third kappa shape index (κ3) is 4.69. The highest BCUT2D eigenvalue weighted by atomic mass is 35.5. The second-order valence-electron chi connectivity index (χ2n) is 5.74. The predicted octanol–water partition coefficient (Wildman–Crippen LogP) is 0.990. The molecule has 1 fully saturated rings. The van der Waals surface area contributed by atoms with Crippen LogP contribution in [0.2, 0.25) is 0 Å². The van der Waals surface area contributed by atoms with Gasteiger partial charge < -0.3 is 15.1 Å². The highest BCUT2D eigenvalue weighted by Gasteiger charge is 2.26. The number of sulfonamides is 1. The summed E-state index contributed by atoms with van der Waals surface area (Å²) in [4.78, 5) is 12.1. The van der Waals surface area contributed by atoms with Gasteiger partial charge in [-0.05, 0) is 38.8 Å². The van der Waals surface area contributed by atoms with Crippen molar-refractivity contribution in [1.29, 1.82) is 0 Å². The summed E-state index contributed by atoms with van der Waals surface area (Å²) < 4.78 is 30.7. The van der Waals surface area contributed by atoms with E-state index in [1.54, 1.807) is 0 Å². The van der Waals surface area contributed by atoms with Crippen LogP contribution in [0.1, 0.15) is 29.2 Å². The van der Waals surface area contributed by atoms with Crippen LogP contribution in [0.3, 0.4) is 0 Å². The maximum absolute atomic E-state index is 12.1. The first-order valence-electron chi connectivity index (χ1n) is 7.34. The summed E-state index contributed by atoms with van der Waals surface area (Å²) >= 11 is 0. The van der Waals surface area contributed by atoms with E-state index in [0.717, 1.165) is 30.2 Å². The minimum Gasteiger partial charge on any atom is -0.455 e. The van der Waals surface area contributed by atoms with E-state index in [9.17, 15) is 13.2 Å². The second kappa shape index (κ2) is 8.14. The van der Waals surface area contributed by atoms with E-state index in [1.165, 1.54) is 27.1 Å². The molecule has 0 spiro atoms. The molecule has 0 aromatic carbocycles. The van der Waals surface area contributed by atoms with Gasteiger partial charge in [0, 0.05) is 26.7 Å². The van der Waals surface area contributed by atoms with Gasteiger partial charge in [-0.25, -0.2) is 12.7 Å². The highest BCUT2D eigenvalue weighted by Crippen LogP contribution is 2.22. The average Bonchev–Trinajstić information content (AvgIpc) is 2.88. The van der Waals surface area contributed by atoms with Crippen LogP contribution < -0.4 is 10.6 Å². The number of amides is 1. The number of aryl methyl sites for hydroxylation is 1. The number of piperidine rings is 1. The maximum Gasteiger partial charge on any atom is 0.287 e. The fourth-order valence-electron chi connectivity index (χ4n) is 2.45. The average molecular weight is 366 g/mol. The highest BCUT2D eigenvalue weighted by molar-refractivity contribution is 7.89. The van der Waals surface area contributed by atoms with E-state index in [0.29, 0.717) is 12.5 Å². The summed E-state index contributed by atoms with van der Waals surface area (Å²) in [5, 5.41) is 6.09. The first-order chi connectivity index (χ1) is 10.3. The van der Waals surface area contributed by atoms with Gasteiger partial charge in [0.25, 0.3) is 5.91 Å². The predicted molar refractivity (Wildman–Crippen MR) is 89.5 cm³/mol. The lowest BCUT2D eigenvalue weighted by molar-refractivity contribution is 0.0915. The Bertz CT molecular complexity index is 636. The number of furan rings is 1. The molecule has 1 atom stereocenters. The molecule has 0 aliphatic carbocycles. The Labute approximate surface area is 143 Å². The van der Waals surface area contributed by atoms with Gasteiger partial charge in [-0.1, -0.05) is 0 Å². The van der Waals surface area contributed by atoms with E-state index in [-0.39, 0.29) is 34.7 Å². The van der Waals surface area contributed by atoms with Crippen LogP contribution in [0.5, 0.6) is 0 Å². The summed E-state index contributed by atoms with van der Waals surface area (Å²) in [6.07, 6.45) is 2.18. The van der Waals surface area contributed by atoms with Crippen molar-refractivity contribution in [2.45, 2.75) is 24.7 Å². The van der Waals surface area contributed by atoms with Gasteiger partial charge in [0.15, 0.2) is 5.76 Å². The molecular weight excluding hydrogens is 342 g/mol. The van der Waals surface area contributed by atoms with Crippen LogP contribution in [0.4, 0.5) is 0 Å². The van der Waals surface area contributed by atoms with E-state index >= 15 is 0 Å². The zero-order chi connectivity index (χ0) is 16.3. The van der Waals surface area contributed by atoms with Crippen molar-refractivity contribution in [1.82, 2.24) is 14.9 Å². The molecule has 0 bridgehead atoms. The van der Waals surface area contributed by atoms with Gasteiger partial charge in [0.2, 0.25) is 10.0 Å². The van der Waals surface area contributed by atoms with Crippen molar-refractivity contribution < 1.29 is 17.6 Å². The largest absolute Gasteiger partial charge is 0.455 e. The smallest absolute Gasteiger partial charge is 0.287 e. The van der Waals surface area contributed by atoms with Gasteiger partial charge >= 0.3 is 0 Å². The van der Waals surface area contributed by atoms with Gasteiger partial charge in [-0.3, -0.25) is 4.79 Å². The monoisotopic (exact) mass is 365 g/mol. The van der Waals surface area contributed by atoms with Crippen LogP contribution in [-0.4, -0.2) is 52.4 Å². The van der Waals surface area contributed by atoms with Crippen molar-refractivity contribution in [2.24, 2.45) is 5.92 Å². The maximum atomic E-state index is 12.1. The number of rotatable bonds is 5. The van der Waals surface area contributed by atoms with Crippen molar-refractivity contribution in [3.8, 4) is 0 Å². The summed E-state index contributed by atoms with van der Waals surface area (Å²) in [5.41, 5.74) is 0. The van der Waals surface area contributed by atoms with E-state index in [4.69, 9.17) is 4.42 Å². The fourth-order valence-corrected chi connectivity index (χ4v) is 3.51. The quantitative estimate of drug-likeness (QED) is 0.811. The van der Waals surface area contributed by atoms with Crippen LogP contribution in [-0.2, 0) is 10.0 Å². The molecule has 2 N–H and O–H groups in total. The van der Waals surface area contributed by atoms with E-state index in [2.05, 4.69) is 10.6 Å². The van der Waals surface area contributed by atoms with Crippen molar-refractivity contribution in [3.05, 3.63) is 17.6 Å². The lowest BCUT2D eigenvalue weighted by Crippen LogP contribution is -2.38. The third-order valence-corrected chi connectivity index (χ3v) is 5.73. The Balaban J connectivity index is 0.00000264. The van der Waals surface area contributed by atoms with Crippen LogP contribution >= 0.6 is 12.4 Å². The van der Waals surface area contributed by atoms with Gasteiger partial charge in [0.1, 0.15) is 10.7 Å². The van der Waals surface area contributed by atoms with Crippen molar-refractivity contribution in [2.75, 3.05) is 33.7 Å². The molecule has 1 aliphatic rings. The Morgan fingerprint density at radius 3 is 2.74 bits per heavy atom. The molecule has 132 valence electrons. The van der Waals surface area contributed by atoms with Gasteiger partial charge in [0.05, 0.1) is 0 Å². The Morgan fingerprint density at radius 2 is 2.17 bits per heavy atom. The molecule has 1 aliphatic heterocycles. The molecule has 1 aromatic rings. The number of nitrogens with one attached hydrogen (secondary N) is 2. The van der Waals surface area contributed by atoms with Crippen LogP contribution in [0, 0.1) is 12.8 Å². The molecule has 9 heteroatoms. The van der Waals surface area contributed by atoms with Crippen LogP contribution in [0.15, 0.2) is 15.4 Å². The lowest BCUT2D eigenvalue weighted by Gasteiger charge is -2.22. The molecule has 1 saturated heterocycles. The molecule has 1 aromatic heterocycles. The second-order valence-corrected chi connectivity index (χ2v) is 7.86. The van der Waals surface area contributed by atoms with Crippen molar-refractivity contribution >= 4 is 28.3 Å². The fraction of sp³-hybridized carbons (Fsp3) is 0.643. The minimum absolute atomic E-state index is 0. The molecule has 0 saturated carbocycles. The normalized spacial score (nSPS) is 18.5. The number of halogens is 1. The third-order valence-electron chi connectivity index (χ3n) is 3.80. The number of carbonyl (C=O) groups excluding carboxylic acids is 1. The van der Waals surface area contributed by atoms with Crippen molar-refractivity contribution in [3.63, 3.8) is 0 Å². The first kappa shape index (κ1) is 20.0. The molecule has 23 heavy (non-hydrogen) atoms. The summed E-state index contributed by atoms with van der Waals surface area (Å²) in [6.45, 7) is 4.00. The molecular formula is C14H24ClN3O4S. The zero-order valence-electron chi connectivity index (χ0n) is 13.6. The molecule has 2 rings (SSSR count). The number of hydrogen-bond acceptors (Lipinski definition) is 5. The molecule has 1 unspecified atom stereocenters. The lowest BCUT2D eigenvalue weighted by atomic mass is 10.00. The van der Waals surface area contributed by atoms with Gasteiger partial charge in [-0.2, -0.15) is 0 Å². The number of carbonyl (C=O) groups is 1. The van der Waals surface area contributed by atoms with E-state index < -0.39 is 10.0 Å². The SMILES string of the molecule is Cc1oc(C(=O)NCC2CCCNC2)cc1S(=O)(=O)N(C)C.Cl. The van der Waals surface area contributed by atoms with E-state index in [1.807, 2.05) is 0 Å². The molecule has 7 nitrogen and oxygen atoms in total. The molecule has 0 radical (unpaired) electrons. The Kier molecular flexibility index (Phi) is 7.06.